The number of hydrogen-bond donors (Lipinski definition) is 2. The Balaban J connectivity index is 1.63. The molecule has 0 aliphatic carbocycles. The van der Waals surface area contributed by atoms with Crippen LogP contribution < -0.4 is 34.9 Å². The van der Waals surface area contributed by atoms with Crippen LogP contribution >= 0.6 is 11.8 Å². The SMILES string of the molecule is COc1cc(NC(=O)CN)cc(Sc2cnc(N3CCN(C)CC3)c(OCc3cccc(OC)c3OC)c2)c1. The number of piperazine rings is 1. The van der Waals surface area contributed by atoms with E-state index < -0.39 is 0 Å². The molecule has 1 saturated heterocycles. The molecule has 4 rings (SSSR count). The highest BCUT2D eigenvalue weighted by molar-refractivity contribution is 7.99. The molecule has 10 nitrogen and oxygen atoms in total. The highest BCUT2D eigenvalue weighted by Crippen LogP contribution is 2.38. The molecule has 2 heterocycles. The smallest absolute Gasteiger partial charge is 0.238 e. The van der Waals surface area contributed by atoms with E-state index in [1.54, 1.807) is 27.4 Å². The van der Waals surface area contributed by atoms with E-state index in [1.807, 2.05) is 42.6 Å². The number of rotatable bonds is 11. The van der Waals surface area contributed by atoms with Crippen molar-refractivity contribution in [1.82, 2.24) is 9.88 Å². The second-order valence-corrected chi connectivity index (χ2v) is 10.1. The number of nitrogens with one attached hydrogen (secondary N) is 1. The van der Waals surface area contributed by atoms with E-state index in [4.69, 9.17) is 29.7 Å². The molecule has 1 amide bonds. The molecule has 0 radical (unpaired) electrons. The maximum atomic E-state index is 11.8. The first-order valence-corrected chi connectivity index (χ1v) is 13.4. The highest BCUT2D eigenvalue weighted by Gasteiger charge is 2.21. The molecule has 0 bridgehead atoms. The second-order valence-electron chi connectivity index (χ2n) is 8.98. The molecule has 1 aliphatic rings. The number of methoxy groups -OCH3 is 3. The number of anilines is 2. The van der Waals surface area contributed by atoms with Gasteiger partial charge in [-0.15, -0.1) is 0 Å². The minimum atomic E-state index is -0.277. The van der Waals surface area contributed by atoms with Crippen molar-refractivity contribution in [3.63, 3.8) is 0 Å². The topological polar surface area (TPSA) is 111 Å². The molecule has 0 atom stereocenters. The Morgan fingerprint density at radius 1 is 1.00 bits per heavy atom. The van der Waals surface area contributed by atoms with Gasteiger partial charge in [-0.1, -0.05) is 23.9 Å². The van der Waals surface area contributed by atoms with Crippen molar-refractivity contribution in [2.75, 3.05) is 71.3 Å². The fourth-order valence-electron chi connectivity index (χ4n) is 4.23. The van der Waals surface area contributed by atoms with Gasteiger partial charge >= 0.3 is 0 Å². The summed E-state index contributed by atoms with van der Waals surface area (Å²) in [7, 11) is 6.94. The molecule has 39 heavy (non-hydrogen) atoms. The summed E-state index contributed by atoms with van der Waals surface area (Å²) in [5.74, 6) is 3.11. The van der Waals surface area contributed by atoms with Crippen LogP contribution in [0.1, 0.15) is 5.56 Å². The summed E-state index contributed by atoms with van der Waals surface area (Å²) >= 11 is 1.49. The molecule has 0 saturated carbocycles. The van der Waals surface area contributed by atoms with Gasteiger partial charge in [0.1, 0.15) is 12.4 Å². The molecule has 208 valence electrons. The fraction of sp³-hybridized carbons (Fsp3) is 0.357. The Morgan fingerprint density at radius 3 is 2.49 bits per heavy atom. The molecule has 0 unspecified atom stereocenters. The first-order valence-electron chi connectivity index (χ1n) is 12.6. The number of likely N-dealkylation sites (N-methyl/N-ethyl adjacent to an activating group) is 1. The molecule has 0 spiro atoms. The third-order valence-corrected chi connectivity index (χ3v) is 7.23. The van der Waals surface area contributed by atoms with Crippen molar-refractivity contribution in [3.05, 3.63) is 54.2 Å². The lowest BCUT2D eigenvalue weighted by Gasteiger charge is -2.34. The number of nitrogens with two attached hydrogens (primary N) is 1. The second kappa shape index (κ2) is 13.4. The summed E-state index contributed by atoms with van der Waals surface area (Å²) in [6.45, 7) is 3.79. The Bertz CT molecular complexity index is 1280. The number of para-hydroxylation sites is 1. The maximum absolute atomic E-state index is 11.8. The van der Waals surface area contributed by atoms with Crippen molar-refractivity contribution in [1.29, 1.82) is 0 Å². The van der Waals surface area contributed by atoms with Gasteiger partial charge < -0.3 is 39.8 Å². The van der Waals surface area contributed by atoms with Gasteiger partial charge in [0.2, 0.25) is 5.91 Å². The standard InChI is InChI=1S/C28H35N5O5S/c1-32-8-10-33(11-9-32)28-25(38-18-19-6-5-7-24(36-3)27(19)37-4)15-23(17-30-28)39-22-13-20(31-26(34)16-29)12-21(14-22)35-2/h5-7,12-15,17H,8-11,16,18,29H2,1-4H3,(H,31,34). The Hall–Kier alpha value is -3.67. The third kappa shape index (κ3) is 7.25. The molecule has 1 aliphatic heterocycles. The number of ether oxygens (including phenoxy) is 4. The summed E-state index contributed by atoms with van der Waals surface area (Å²) < 4.78 is 22.9. The molecule has 3 N–H and O–H groups in total. The number of pyridine rings is 1. The zero-order valence-electron chi connectivity index (χ0n) is 22.7. The molecular weight excluding hydrogens is 518 g/mol. The largest absolute Gasteiger partial charge is 0.497 e. The summed E-state index contributed by atoms with van der Waals surface area (Å²) in [4.78, 5) is 23.0. The van der Waals surface area contributed by atoms with E-state index in [1.165, 1.54) is 11.8 Å². The predicted molar refractivity (Wildman–Crippen MR) is 153 cm³/mol. The van der Waals surface area contributed by atoms with Gasteiger partial charge in [0.15, 0.2) is 23.1 Å². The van der Waals surface area contributed by atoms with Crippen LogP contribution in [0.3, 0.4) is 0 Å². The van der Waals surface area contributed by atoms with Crippen LogP contribution in [0.5, 0.6) is 23.0 Å². The molecule has 1 aromatic heterocycles. The van der Waals surface area contributed by atoms with Gasteiger partial charge in [-0.3, -0.25) is 4.79 Å². The number of nitrogens with zero attached hydrogens (tertiary/aromatic N) is 3. The summed E-state index contributed by atoms with van der Waals surface area (Å²) in [5, 5.41) is 2.79. The predicted octanol–water partition coefficient (Wildman–Crippen LogP) is 3.49. The lowest BCUT2D eigenvalue weighted by Crippen LogP contribution is -2.45. The number of amides is 1. The third-order valence-electron chi connectivity index (χ3n) is 6.30. The Labute approximate surface area is 233 Å². The number of carbonyl (C=O) groups excluding carboxylic acids is 1. The molecule has 11 heteroatoms. The van der Waals surface area contributed by atoms with Gasteiger partial charge in [-0.05, 0) is 31.3 Å². The van der Waals surface area contributed by atoms with Crippen molar-refractivity contribution in [3.8, 4) is 23.0 Å². The first kappa shape index (κ1) is 28.3. The van der Waals surface area contributed by atoms with Crippen LogP contribution in [0.15, 0.2) is 58.5 Å². The highest BCUT2D eigenvalue weighted by atomic mass is 32.2. The quantitative estimate of drug-likeness (QED) is 0.366. The van der Waals surface area contributed by atoms with Crippen molar-refractivity contribution >= 4 is 29.2 Å². The van der Waals surface area contributed by atoms with E-state index in [0.29, 0.717) is 28.7 Å². The van der Waals surface area contributed by atoms with Gasteiger partial charge in [-0.25, -0.2) is 4.98 Å². The zero-order valence-corrected chi connectivity index (χ0v) is 23.5. The average molecular weight is 554 g/mol. The normalized spacial score (nSPS) is 13.6. The van der Waals surface area contributed by atoms with E-state index in [2.05, 4.69) is 22.2 Å². The first-order chi connectivity index (χ1) is 18.9. The molecule has 2 aromatic carbocycles. The van der Waals surface area contributed by atoms with Crippen molar-refractivity contribution in [2.24, 2.45) is 5.73 Å². The Kier molecular flexibility index (Phi) is 9.74. The van der Waals surface area contributed by atoms with E-state index in [9.17, 15) is 4.79 Å². The fourth-order valence-corrected chi connectivity index (χ4v) is 5.13. The molecular formula is C28H35N5O5S. The van der Waals surface area contributed by atoms with Crippen LogP contribution in [-0.2, 0) is 11.4 Å². The number of benzene rings is 2. The molecule has 3 aromatic rings. The number of aromatic nitrogens is 1. The Morgan fingerprint density at radius 2 is 1.79 bits per heavy atom. The van der Waals surface area contributed by atoms with Gasteiger partial charge in [-0.2, -0.15) is 0 Å². The van der Waals surface area contributed by atoms with E-state index in [-0.39, 0.29) is 19.1 Å². The van der Waals surface area contributed by atoms with Crippen LogP contribution in [0.4, 0.5) is 11.5 Å². The van der Waals surface area contributed by atoms with Crippen LogP contribution in [0.2, 0.25) is 0 Å². The van der Waals surface area contributed by atoms with Crippen LogP contribution in [0.25, 0.3) is 0 Å². The summed E-state index contributed by atoms with van der Waals surface area (Å²) in [6, 6.07) is 13.2. The summed E-state index contributed by atoms with van der Waals surface area (Å²) in [6.07, 6.45) is 1.84. The lowest BCUT2D eigenvalue weighted by molar-refractivity contribution is -0.114. The van der Waals surface area contributed by atoms with Gasteiger partial charge in [0, 0.05) is 59.5 Å². The minimum Gasteiger partial charge on any atom is -0.497 e. The monoisotopic (exact) mass is 553 g/mol. The molecule has 1 fully saturated rings. The summed E-state index contributed by atoms with van der Waals surface area (Å²) in [5.41, 5.74) is 6.94. The van der Waals surface area contributed by atoms with Crippen molar-refractivity contribution in [2.45, 2.75) is 16.4 Å². The minimum absolute atomic E-state index is 0.101. The zero-order chi connectivity index (χ0) is 27.8. The number of carbonyl (C=O) groups is 1. The average Bonchev–Trinajstić information content (AvgIpc) is 2.96. The van der Waals surface area contributed by atoms with Gasteiger partial charge in [0.25, 0.3) is 0 Å². The maximum Gasteiger partial charge on any atom is 0.238 e. The van der Waals surface area contributed by atoms with E-state index in [0.717, 1.165) is 47.4 Å². The van der Waals surface area contributed by atoms with E-state index >= 15 is 0 Å². The van der Waals surface area contributed by atoms with Crippen LogP contribution in [0, 0.1) is 0 Å². The van der Waals surface area contributed by atoms with Crippen molar-refractivity contribution < 1.29 is 23.7 Å². The lowest BCUT2D eigenvalue weighted by atomic mass is 10.2. The van der Waals surface area contributed by atoms with Gasteiger partial charge in [0.05, 0.1) is 27.9 Å². The van der Waals surface area contributed by atoms with Crippen LogP contribution in [-0.4, -0.2) is 76.9 Å². The number of hydrogen-bond acceptors (Lipinski definition) is 10.